The maximum atomic E-state index is 5.94. The van der Waals surface area contributed by atoms with E-state index in [0.29, 0.717) is 6.04 Å². The van der Waals surface area contributed by atoms with Gasteiger partial charge in [-0.05, 0) is 55.6 Å². The Labute approximate surface area is 129 Å². The van der Waals surface area contributed by atoms with Crippen molar-refractivity contribution >= 4 is 27.5 Å². The molecule has 2 heterocycles. The Kier molecular flexibility index (Phi) is 5.72. The Bertz CT molecular complexity index is 417. The summed E-state index contributed by atoms with van der Waals surface area (Å²) in [6, 6.07) is 0.638. The molecular weight excluding hydrogens is 326 g/mol. The minimum Gasteiger partial charge on any atom is -0.294 e. The van der Waals surface area contributed by atoms with Gasteiger partial charge in [-0.15, -0.1) is 11.6 Å². The highest BCUT2D eigenvalue weighted by Crippen LogP contribution is 2.27. The Balaban J connectivity index is 2.14. The van der Waals surface area contributed by atoms with Crippen LogP contribution in [0.4, 0.5) is 0 Å². The molecule has 0 aromatic carbocycles. The van der Waals surface area contributed by atoms with Gasteiger partial charge in [-0.3, -0.25) is 9.58 Å². The van der Waals surface area contributed by atoms with E-state index in [4.69, 9.17) is 11.6 Å². The number of rotatable bonds is 5. The number of nitrogens with zero attached hydrogens (tertiary/aromatic N) is 3. The van der Waals surface area contributed by atoms with Crippen LogP contribution >= 0.6 is 27.5 Å². The second-order valence-electron chi connectivity index (χ2n) is 5.26. The number of hydrogen-bond donors (Lipinski definition) is 0. The van der Waals surface area contributed by atoms with E-state index in [1.54, 1.807) is 0 Å². The van der Waals surface area contributed by atoms with Crippen molar-refractivity contribution in [3.05, 3.63) is 15.9 Å². The average Bonchev–Trinajstić information content (AvgIpc) is 2.69. The first-order valence-electron chi connectivity index (χ1n) is 7.19. The minimum absolute atomic E-state index is 0.638. The molecule has 1 atom stereocenters. The lowest BCUT2D eigenvalue weighted by atomic mass is 10.00. The van der Waals surface area contributed by atoms with Gasteiger partial charge in [0.1, 0.15) is 0 Å². The first kappa shape index (κ1) is 15.3. The number of hydrogen-bond acceptors (Lipinski definition) is 2. The SMILES string of the molecule is CCn1nc(C)c(Br)c1CN1CCCCC1CCCl. The van der Waals surface area contributed by atoms with Crippen LogP contribution in [0.1, 0.15) is 44.0 Å². The van der Waals surface area contributed by atoms with Crippen LogP contribution in [0, 0.1) is 6.92 Å². The molecular formula is C14H23BrClN3. The molecule has 1 aliphatic heterocycles. The quantitative estimate of drug-likeness (QED) is 0.751. The fourth-order valence-corrected chi connectivity index (χ4v) is 3.59. The number of piperidine rings is 1. The molecule has 0 spiro atoms. The molecule has 1 fully saturated rings. The lowest BCUT2D eigenvalue weighted by Gasteiger charge is -2.35. The van der Waals surface area contributed by atoms with Crippen LogP contribution in [0.15, 0.2) is 4.47 Å². The molecule has 1 aliphatic rings. The average molecular weight is 349 g/mol. The van der Waals surface area contributed by atoms with Crippen molar-refractivity contribution in [1.82, 2.24) is 14.7 Å². The Morgan fingerprint density at radius 3 is 2.89 bits per heavy atom. The van der Waals surface area contributed by atoms with Crippen molar-refractivity contribution in [2.45, 2.75) is 58.7 Å². The van der Waals surface area contributed by atoms with Gasteiger partial charge in [0.25, 0.3) is 0 Å². The van der Waals surface area contributed by atoms with Crippen LogP contribution in [0.3, 0.4) is 0 Å². The Hall–Kier alpha value is -0.0600. The van der Waals surface area contributed by atoms with E-state index < -0.39 is 0 Å². The van der Waals surface area contributed by atoms with Crippen LogP contribution in [-0.2, 0) is 13.1 Å². The van der Waals surface area contributed by atoms with Gasteiger partial charge >= 0.3 is 0 Å². The summed E-state index contributed by atoms with van der Waals surface area (Å²) in [4.78, 5) is 2.58. The van der Waals surface area contributed by atoms with E-state index in [1.807, 2.05) is 0 Å². The summed E-state index contributed by atoms with van der Waals surface area (Å²) in [6.07, 6.45) is 5.02. The van der Waals surface area contributed by atoms with E-state index >= 15 is 0 Å². The van der Waals surface area contributed by atoms with Gasteiger partial charge in [0, 0.05) is 25.0 Å². The van der Waals surface area contributed by atoms with Crippen molar-refractivity contribution in [3.63, 3.8) is 0 Å². The molecule has 3 nitrogen and oxygen atoms in total. The third kappa shape index (κ3) is 3.53. The van der Waals surface area contributed by atoms with E-state index in [1.165, 1.54) is 36.0 Å². The van der Waals surface area contributed by atoms with Crippen LogP contribution in [-0.4, -0.2) is 33.1 Å². The lowest BCUT2D eigenvalue weighted by molar-refractivity contribution is 0.132. The predicted octanol–water partition coefficient (Wildman–Crippen LogP) is 3.96. The summed E-state index contributed by atoms with van der Waals surface area (Å²) in [6.45, 7) is 7.30. The number of likely N-dealkylation sites (tertiary alicyclic amines) is 1. The summed E-state index contributed by atoms with van der Waals surface area (Å²) >= 11 is 9.64. The smallest absolute Gasteiger partial charge is 0.0739 e. The molecule has 19 heavy (non-hydrogen) atoms. The zero-order valence-corrected chi connectivity index (χ0v) is 14.2. The van der Waals surface area contributed by atoms with Crippen LogP contribution < -0.4 is 0 Å². The van der Waals surface area contributed by atoms with Gasteiger partial charge in [0.05, 0.1) is 15.9 Å². The largest absolute Gasteiger partial charge is 0.294 e. The molecule has 108 valence electrons. The van der Waals surface area contributed by atoms with Crippen molar-refractivity contribution in [2.24, 2.45) is 0 Å². The highest BCUT2D eigenvalue weighted by molar-refractivity contribution is 9.10. The normalized spacial score (nSPS) is 20.9. The first-order chi connectivity index (χ1) is 9.17. The van der Waals surface area contributed by atoms with Gasteiger partial charge in [0.2, 0.25) is 0 Å². The molecule has 0 saturated carbocycles. The van der Waals surface area contributed by atoms with Crippen molar-refractivity contribution in [2.75, 3.05) is 12.4 Å². The second-order valence-corrected chi connectivity index (χ2v) is 6.43. The molecule has 0 N–H and O–H groups in total. The van der Waals surface area contributed by atoms with Crippen molar-refractivity contribution in [1.29, 1.82) is 0 Å². The van der Waals surface area contributed by atoms with Crippen LogP contribution in [0.2, 0.25) is 0 Å². The molecule has 0 amide bonds. The number of halogens is 2. The van der Waals surface area contributed by atoms with E-state index in [2.05, 4.69) is 44.5 Å². The molecule has 0 bridgehead atoms. The minimum atomic E-state index is 0.638. The summed E-state index contributed by atoms with van der Waals surface area (Å²) in [5, 5.41) is 4.58. The van der Waals surface area contributed by atoms with Gasteiger partial charge in [0.15, 0.2) is 0 Å². The molecule has 1 aromatic heterocycles. The molecule has 1 aromatic rings. The van der Waals surface area contributed by atoms with Crippen molar-refractivity contribution < 1.29 is 0 Å². The molecule has 2 rings (SSSR count). The highest BCUT2D eigenvalue weighted by atomic mass is 79.9. The highest BCUT2D eigenvalue weighted by Gasteiger charge is 2.24. The monoisotopic (exact) mass is 347 g/mol. The zero-order valence-electron chi connectivity index (χ0n) is 11.8. The fourth-order valence-electron chi connectivity index (χ4n) is 2.93. The van der Waals surface area contributed by atoms with Crippen molar-refractivity contribution in [3.8, 4) is 0 Å². The Morgan fingerprint density at radius 2 is 2.21 bits per heavy atom. The molecule has 5 heteroatoms. The number of alkyl halides is 1. The Morgan fingerprint density at radius 1 is 1.42 bits per heavy atom. The third-order valence-electron chi connectivity index (χ3n) is 4.00. The van der Waals surface area contributed by atoms with E-state index in [9.17, 15) is 0 Å². The molecule has 1 saturated heterocycles. The van der Waals surface area contributed by atoms with Gasteiger partial charge in [-0.1, -0.05) is 6.42 Å². The zero-order chi connectivity index (χ0) is 13.8. The van der Waals surface area contributed by atoms with Gasteiger partial charge in [-0.2, -0.15) is 5.10 Å². The standard InChI is InChI=1S/C14H23BrClN3/c1-3-19-13(14(15)11(2)17-19)10-18-9-5-4-6-12(18)7-8-16/h12H,3-10H2,1-2H3. The predicted molar refractivity (Wildman–Crippen MR) is 83.7 cm³/mol. The molecule has 0 radical (unpaired) electrons. The summed E-state index contributed by atoms with van der Waals surface area (Å²) in [7, 11) is 0. The summed E-state index contributed by atoms with van der Waals surface area (Å²) in [5.41, 5.74) is 2.39. The molecule has 0 aliphatic carbocycles. The van der Waals surface area contributed by atoms with E-state index in [-0.39, 0.29) is 0 Å². The van der Waals surface area contributed by atoms with Crippen LogP contribution in [0.25, 0.3) is 0 Å². The topological polar surface area (TPSA) is 21.1 Å². The lowest BCUT2D eigenvalue weighted by Crippen LogP contribution is -2.39. The third-order valence-corrected chi connectivity index (χ3v) is 5.25. The molecule has 1 unspecified atom stereocenters. The summed E-state index contributed by atoms with van der Waals surface area (Å²) < 4.78 is 3.29. The second kappa shape index (κ2) is 7.09. The number of aromatic nitrogens is 2. The maximum Gasteiger partial charge on any atom is 0.0739 e. The van der Waals surface area contributed by atoms with Gasteiger partial charge in [-0.25, -0.2) is 0 Å². The number of aryl methyl sites for hydroxylation is 2. The maximum absolute atomic E-state index is 5.94. The fraction of sp³-hybridized carbons (Fsp3) is 0.786. The van der Waals surface area contributed by atoms with E-state index in [0.717, 1.165) is 31.1 Å². The first-order valence-corrected chi connectivity index (χ1v) is 8.52. The summed E-state index contributed by atoms with van der Waals surface area (Å²) in [5.74, 6) is 0.758. The van der Waals surface area contributed by atoms with Gasteiger partial charge < -0.3 is 0 Å². The van der Waals surface area contributed by atoms with Crippen LogP contribution in [0.5, 0.6) is 0 Å².